The summed E-state index contributed by atoms with van der Waals surface area (Å²) in [6.07, 6.45) is 0.882. The molecule has 0 aliphatic heterocycles. The zero-order valence-corrected chi connectivity index (χ0v) is 15.2. The maximum absolute atomic E-state index is 9.28. The van der Waals surface area contributed by atoms with Crippen LogP contribution >= 0.6 is 31.9 Å². The van der Waals surface area contributed by atoms with Crippen LogP contribution in [-0.2, 0) is 26.2 Å². The number of rotatable bonds is 6. The number of hydrogen-bond acceptors (Lipinski definition) is 3. The van der Waals surface area contributed by atoms with Crippen LogP contribution in [0.1, 0.15) is 30.8 Å². The summed E-state index contributed by atoms with van der Waals surface area (Å²) in [4.78, 5) is 0. The van der Waals surface area contributed by atoms with Crippen LogP contribution in [0.3, 0.4) is 0 Å². The van der Waals surface area contributed by atoms with Crippen LogP contribution in [-0.4, -0.2) is 14.9 Å². The Morgan fingerprint density at radius 2 is 2.05 bits per heavy atom. The van der Waals surface area contributed by atoms with Crippen LogP contribution in [0.25, 0.3) is 0 Å². The van der Waals surface area contributed by atoms with Gasteiger partial charge in [0.15, 0.2) is 0 Å². The van der Waals surface area contributed by atoms with Crippen molar-refractivity contribution in [3.05, 3.63) is 44.1 Å². The molecule has 21 heavy (non-hydrogen) atoms. The first-order chi connectivity index (χ1) is 10.1. The fourth-order valence-corrected chi connectivity index (χ4v) is 3.12. The number of aliphatic hydroxyl groups is 1. The standard InChI is InChI=1S/C15H18Br2N2O2/c1-3-13-15(17)14(19(4-2)18-13)9-21-11-5-6-12(16)10(7-11)8-20/h5-7,20H,3-4,8-9H2,1-2H3. The third-order valence-corrected chi connectivity index (χ3v) is 4.95. The summed E-state index contributed by atoms with van der Waals surface area (Å²) in [6, 6.07) is 5.60. The Labute approximate surface area is 141 Å². The predicted octanol–water partition coefficient (Wildman–Crippen LogP) is 4.06. The molecule has 1 heterocycles. The molecule has 1 aromatic heterocycles. The number of halogens is 2. The minimum absolute atomic E-state index is 0.0195. The lowest BCUT2D eigenvalue weighted by atomic mass is 10.2. The van der Waals surface area contributed by atoms with Gasteiger partial charge in [-0.1, -0.05) is 22.9 Å². The first kappa shape index (κ1) is 16.5. The van der Waals surface area contributed by atoms with E-state index in [0.717, 1.165) is 44.6 Å². The van der Waals surface area contributed by atoms with Crippen molar-refractivity contribution in [2.75, 3.05) is 0 Å². The summed E-state index contributed by atoms with van der Waals surface area (Å²) in [5, 5.41) is 13.8. The van der Waals surface area contributed by atoms with E-state index in [1.165, 1.54) is 0 Å². The van der Waals surface area contributed by atoms with Gasteiger partial charge in [-0.3, -0.25) is 4.68 Å². The maximum Gasteiger partial charge on any atom is 0.131 e. The Hall–Kier alpha value is -0.850. The molecule has 0 radical (unpaired) electrons. The monoisotopic (exact) mass is 416 g/mol. The van der Waals surface area contributed by atoms with Gasteiger partial charge in [0.2, 0.25) is 0 Å². The minimum atomic E-state index is -0.0195. The Morgan fingerprint density at radius 1 is 1.29 bits per heavy atom. The third kappa shape index (κ3) is 3.67. The molecule has 114 valence electrons. The Kier molecular flexibility index (Phi) is 5.84. The summed E-state index contributed by atoms with van der Waals surface area (Å²) in [5.74, 6) is 0.732. The molecule has 0 bridgehead atoms. The molecule has 1 aromatic carbocycles. The van der Waals surface area contributed by atoms with Crippen LogP contribution in [0.5, 0.6) is 5.75 Å². The molecule has 0 unspecified atom stereocenters. The quantitative estimate of drug-likeness (QED) is 0.770. The molecule has 0 saturated heterocycles. The van der Waals surface area contributed by atoms with Crippen molar-refractivity contribution in [2.45, 2.75) is 40.0 Å². The van der Waals surface area contributed by atoms with Crippen molar-refractivity contribution < 1.29 is 9.84 Å². The van der Waals surface area contributed by atoms with Gasteiger partial charge < -0.3 is 9.84 Å². The SMILES string of the molecule is CCc1nn(CC)c(COc2ccc(Br)c(CO)c2)c1Br. The number of aryl methyl sites for hydroxylation is 2. The molecule has 0 amide bonds. The normalized spacial score (nSPS) is 10.9. The molecular weight excluding hydrogens is 400 g/mol. The number of benzene rings is 1. The van der Waals surface area contributed by atoms with Crippen molar-refractivity contribution in [3.8, 4) is 5.75 Å². The van der Waals surface area contributed by atoms with Gasteiger partial charge in [-0.25, -0.2) is 0 Å². The highest BCUT2D eigenvalue weighted by Gasteiger charge is 2.14. The highest BCUT2D eigenvalue weighted by molar-refractivity contribution is 9.10. The average molecular weight is 418 g/mol. The lowest BCUT2D eigenvalue weighted by Gasteiger charge is -2.10. The second-order valence-electron chi connectivity index (χ2n) is 4.58. The van der Waals surface area contributed by atoms with E-state index in [1.54, 1.807) is 0 Å². The van der Waals surface area contributed by atoms with Crippen LogP contribution in [0.15, 0.2) is 27.1 Å². The second kappa shape index (κ2) is 7.42. The number of ether oxygens (including phenoxy) is 1. The second-order valence-corrected chi connectivity index (χ2v) is 6.22. The van der Waals surface area contributed by atoms with Gasteiger partial charge in [0.05, 0.1) is 22.5 Å². The van der Waals surface area contributed by atoms with E-state index >= 15 is 0 Å². The van der Waals surface area contributed by atoms with Crippen molar-refractivity contribution in [2.24, 2.45) is 0 Å². The van der Waals surface area contributed by atoms with Gasteiger partial charge >= 0.3 is 0 Å². The van der Waals surface area contributed by atoms with Gasteiger partial charge in [-0.15, -0.1) is 0 Å². The highest BCUT2D eigenvalue weighted by Crippen LogP contribution is 2.26. The van der Waals surface area contributed by atoms with Gasteiger partial charge in [-0.2, -0.15) is 5.10 Å². The summed E-state index contributed by atoms with van der Waals surface area (Å²) >= 11 is 7.00. The van der Waals surface area contributed by atoms with Gasteiger partial charge in [-0.05, 0) is 53.0 Å². The third-order valence-electron chi connectivity index (χ3n) is 3.26. The number of hydrogen-bond donors (Lipinski definition) is 1. The number of nitrogens with zero attached hydrogens (tertiary/aromatic N) is 2. The smallest absolute Gasteiger partial charge is 0.131 e. The fourth-order valence-electron chi connectivity index (χ4n) is 2.07. The van der Waals surface area contributed by atoms with E-state index in [1.807, 2.05) is 22.9 Å². The first-order valence-corrected chi connectivity index (χ1v) is 8.45. The van der Waals surface area contributed by atoms with Crippen molar-refractivity contribution in [1.29, 1.82) is 0 Å². The van der Waals surface area contributed by atoms with Crippen LogP contribution in [0.2, 0.25) is 0 Å². The lowest BCUT2D eigenvalue weighted by Crippen LogP contribution is -2.06. The lowest BCUT2D eigenvalue weighted by molar-refractivity contribution is 0.274. The Morgan fingerprint density at radius 3 is 2.67 bits per heavy atom. The van der Waals surface area contributed by atoms with Gasteiger partial charge in [0, 0.05) is 11.0 Å². The largest absolute Gasteiger partial charge is 0.487 e. The van der Waals surface area contributed by atoms with Crippen molar-refractivity contribution in [3.63, 3.8) is 0 Å². The van der Waals surface area contributed by atoms with Crippen LogP contribution < -0.4 is 4.74 Å². The van der Waals surface area contributed by atoms with E-state index < -0.39 is 0 Å². The van der Waals surface area contributed by atoms with E-state index in [2.05, 4.69) is 50.8 Å². The van der Waals surface area contributed by atoms with E-state index in [-0.39, 0.29) is 6.61 Å². The molecule has 2 aromatic rings. The minimum Gasteiger partial charge on any atom is -0.487 e. The van der Waals surface area contributed by atoms with E-state index in [0.29, 0.717) is 6.61 Å². The molecule has 0 aliphatic carbocycles. The van der Waals surface area contributed by atoms with E-state index in [9.17, 15) is 5.11 Å². The highest BCUT2D eigenvalue weighted by atomic mass is 79.9. The van der Waals surface area contributed by atoms with Gasteiger partial charge in [0.1, 0.15) is 12.4 Å². The fraction of sp³-hybridized carbons (Fsp3) is 0.400. The molecule has 6 heteroatoms. The Balaban J connectivity index is 2.18. The average Bonchev–Trinajstić information content (AvgIpc) is 2.82. The van der Waals surface area contributed by atoms with Crippen molar-refractivity contribution in [1.82, 2.24) is 9.78 Å². The molecule has 0 aliphatic rings. The first-order valence-electron chi connectivity index (χ1n) is 6.86. The number of aromatic nitrogens is 2. The molecule has 0 spiro atoms. The number of aliphatic hydroxyl groups excluding tert-OH is 1. The predicted molar refractivity (Wildman–Crippen MR) is 89.4 cm³/mol. The summed E-state index contributed by atoms with van der Waals surface area (Å²) in [5.41, 5.74) is 2.88. The zero-order chi connectivity index (χ0) is 15.4. The van der Waals surface area contributed by atoms with Gasteiger partial charge in [0.25, 0.3) is 0 Å². The summed E-state index contributed by atoms with van der Waals surface area (Å²) in [7, 11) is 0. The van der Waals surface area contributed by atoms with Crippen LogP contribution in [0, 0.1) is 0 Å². The molecule has 0 fully saturated rings. The maximum atomic E-state index is 9.28. The zero-order valence-electron chi connectivity index (χ0n) is 12.1. The molecule has 1 N–H and O–H groups in total. The van der Waals surface area contributed by atoms with Crippen LogP contribution in [0.4, 0.5) is 0 Å². The summed E-state index contributed by atoms with van der Waals surface area (Å²) < 4.78 is 9.70. The molecular formula is C15H18Br2N2O2. The molecule has 0 atom stereocenters. The summed E-state index contributed by atoms with van der Waals surface area (Å²) in [6.45, 7) is 5.37. The molecule has 0 saturated carbocycles. The topological polar surface area (TPSA) is 47.3 Å². The van der Waals surface area contributed by atoms with Crippen molar-refractivity contribution >= 4 is 31.9 Å². The van der Waals surface area contributed by atoms with E-state index in [4.69, 9.17) is 4.74 Å². The molecule has 2 rings (SSSR count). The molecule has 4 nitrogen and oxygen atoms in total. The Bertz CT molecular complexity index is 626.